The summed E-state index contributed by atoms with van der Waals surface area (Å²) in [7, 11) is 0. The van der Waals surface area contributed by atoms with E-state index in [1.54, 1.807) is 37.3 Å². The van der Waals surface area contributed by atoms with Crippen LogP contribution >= 0.6 is 0 Å². The molecule has 0 unspecified atom stereocenters. The number of piperidine rings is 1. The Hall–Kier alpha value is -1.35. The second-order valence-electron chi connectivity index (χ2n) is 4.94. The van der Waals surface area contributed by atoms with Gasteiger partial charge in [0.15, 0.2) is 0 Å². The van der Waals surface area contributed by atoms with Crippen LogP contribution in [0.4, 0.5) is 0 Å². The minimum absolute atomic E-state index is 0.0402. The molecule has 3 heteroatoms. The van der Waals surface area contributed by atoms with Crippen molar-refractivity contribution in [2.45, 2.75) is 32.5 Å². The SMILES string of the molecule is [2H]C([2H])([2H])N1CC([2H])([2H])C(CC(=O)OCC)(Cc2ccccc2)C([2H])([2H])C1. The third-order valence-corrected chi connectivity index (χ3v) is 3.32. The molecule has 110 valence electrons. The minimum Gasteiger partial charge on any atom is -0.466 e. The normalized spacial score (nSPS) is 29.6. The average molecular weight is 282 g/mol. The first-order valence-electron chi connectivity index (χ1n) is 10.3. The Labute approximate surface area is 131 Å². The molecule has 3 nitrogen and oxygen atoms in total. The van der Waals surface area contributed by atoms with Crippen molar-refractivity contribution < 1.29 is 19.1 Å². The van der Waals surface area contributed by atoms with E-state index in [4.69, 9.17) is 14.3 Å². The molecule has 0 aromatic heterocycles. The van der Waals surface area contributed by atoms with Gasteiger partial charge in [0.2, 0.25) is 0 Å². The molecule has 2 rings (SSSR count). The topological polar surface area (TPSA) is 29.5 Å². The Morgan fingerprint density at radius 3 is 2.70 bits per heavy atom. The highest BCUT2D eigenvalue weighted by Gasteiger charge is 2.36. The van der Waals surface area contributed by atoms with Crippen LogP contribution < -0.4 is 0 Å². The van der Waals surface area contributed by atoms with Gasteiger partial charge in [-0.2, -0.15) is 0 Å². The fourth-order valence-electron chi connectivity index (χ4n) is 2.33. The molecule has 0 bridgehead atoms. The van der Waals surface area contributed by atoms with Crippen molar-refractivity contribution in [3.05, 3.63) is 35.9 Å². The van der Waals surface area contributed by atoms with E-state index >= 15 is 0 Å². The quantitative estimate of drug-likeness (QED) is 0.778. The number of carbonyl (C=O) groups excluding carboxylic acids is 1. The molecule has 0 aliphatic carbocycles. The van der Waals surface area contributed by atoms with Crippen LogP contribution in [-0.2, 0) is 16.0 Å². The first-order chi connectivity index (χ1) is 12.3. The van der Waals surface area contributed by atoms with E-state index in [1.165, 1.54) is 0 Å². The van der Waals surface area contributed by atoms with Crippen LogP contribution in [0.15, 0.2) is 30.3 Å². The highest BCUT2D eigenvalue weighted by molar-refractivity contribution is 5.70. The third kappa shape index (κ3) is 4.07. The molecule has 20 heavy (non-hydrogen) atoms. The molecule has 0 amide bonds. The summed E-state index contributed by atoms with van der Waals surface area (Å²) < 4.78 is 62.1. The van der Waals surface area contributed by atoms with Crippen molar-refractivity contribution in [2.75, 3.05) is 26.7 Å². The fraction of sp³-hybridized carbons (Fsp3) is 0.588. The Bertz CT molecular complexity index is 643. The summed E-state index contributed by atoms with van der Waals surface area (Å²) in [6, 6.07) is 8.80. The number of hydrogen-bond acceptors (Lipinski definition) is 3. The Kier molecular flexibility index (Phi) is 2.82. The molecule has 1 fully saturated rings. The number of hydrogen-bond donors (Lipinski definition) is 0. The van der Waals surface area contributed by atoms with Gasteiger partial charge in [-0.1, -0.05) is 30.3 Å². The van der Waals surface area contributed by atoms with Gasteiger partial charge in [-0.25, -0.2) is 0 Å². The fourth-order valence-corrected chi connectivity index (χ4v) is 2.33. The monoisotopic (exact) mass is 282 g/mol. The molecule has 1 aliphatic heterocycles. The van der Waals surface area contributed by atoms with E-state index in [2.05, 4.69) is 0 Å². The number of carbonyl (C=O) groups is 1. The molecular weight excluding hydrogens is 250 g/mol. The lowest BCUT2D eigenvalue weighted by Gasteiger charge is -2.40. The molecule has 0 atom stereocenters. The van der Waals surface area contributed by atoms with Crippen molar-refractivity contribution in [3.63, 3.8) is 0 Å². The summed E-state index contributed by atoms with van der Waals surface area (Å²) in [5, 5.41) is 0. The molecule has 1 heterocycles. The van der Waals surface area contributed by atoms with Gasteiger partial charge in [-0.15, -0.1) is 0 Å². The largest absolute Gasteiger partial charge is 0.466 e. The van der Waals surface area contributed by atoms with Crippen LogP contribution in [0.2, 0.25) is 0 Å². The highest BCUT2D eigenvalue weighted by Crippen LogP contribution is 2.38. The van der Waals surface area contributed by atoms with Gasteiger partial charge in [-0.3, -0.25) is 4.79 Å². The van der Waals surface area contributed by atoms with Gasteiger partial charge in [0.1, 0.15) is 0 Å². The minimum atomic E-state index is -2.62. The summed E-state index contributed by atoms with van der Waals surface area (Å²) in [5.41, 5.74) is -1.08. The predicted octanol–water partition coefficient (Wildman–Crippen LogP) is 2.89. The molecule has 0 N–H and O–H groups in total. The lowest BCUT2D eigenvalue weighted by Crippen LogP contribution is -2.40. The third-order valence-electron chi connectivity index (χ3n) is 3.32. The zero-order valence-electron chi connectivity index (χ0n) is 18.7. The summed E-state index contributed by atoms with van der Waals surface area (Å²) in [5.74, 6) is -0.691. The zero-order chi connectivity index (χ0) is 20.5. The van der Waals surface area contributed by atoms with Crippen LogP contribution in [0, 0.1) is 5.41 Å². The maximum absolute atomic E-state index is 12.3. The smallest absolute Gasteiger partial charge is 0.306 e. The molecule has 1 aliphatic rings. The summed E-state index contributed by atoms with van der Waals surface area (Å²) >= 11 is 0. The number of esters is 1. The van der Waals surface area contributed by atoms with Crippen molar-refractivity contribution in [1.29, 1.82) is 0 Å². The van der Waals surface area contributed by atoms with E-state index in [9.17, 15) is 4.79 Å². The van der Waals surface area contributed by atoms with Gasteiger partial charge in [-0.05, 0) is 57.1 Å². The van der Waals surface area contributed by atoms with Crippen LogP contribution in [-0.4, -0.2) is 37.5 Å². The van der Waals surface area contributed by atoms with Gasteiger partial charge in [0, 0.05) is 9.60 Å². The van der Waals surface area contributed by atoms with Crippen LogP contribution in [0.3, 0.4) is 0 Å². The Morgan fingerprint density at radius 1 is 1.40 bits per heavy atom. The molecule has 0 saturated carbocycles. The van der Waals surface area contributed by atoms with Crippen molar-refractivity contribution in [3.8, 4) is 0 Å². The lowest BCUT2D eigenvalue weighted by atomic mass is 9.71. The molecular formula is C17H25NO2. The van der Waals surface area contributed by atoms with Crippen LogP contribution in [0.1, 0.15) is 41.2 Å². The first-order valence-corrected chi connectivity index (χ1v) is 6.79. The van der Waals surface area contributed by atoms with E-state index < -0.39 is 50.6 Å². The average Bonchev–Trinajstić information content (AvgIpc) is 2.52. The maximum Gasteiger partial charge on any atom is 0.306 e. The summed E-state index contributed by atoms with van der Waals surface area (Å²) in [6.45, 7) is -1.87. The number of likely N-dealkylation sites (tertiary alicyclic amines) is 1. The second kappa shape index (κ2) is 6.89. The lowest BCUT2D eigenvalue weighted by molar-refractivity contribution is -0.146. The van der Waals surface area contributed by atoms with Gasteiger partial charge >= 0.3 is 5.97 Å². The highest BCUT2D eigenvalue weighted by atomic mass is 16.5. The van der Waals surface area contributed by atoms with Crippen molar-refractivity contribution in [2.24, 2.45) is 5.41 Å². The Morgan fingerprint density at radius 2 is 2.10 bits per heavy atom. The van der Waals surface area contributed by atoms with Crippen molar-refractivity contribution >= 4 is 5.97 Å². The number of nitrogens with zero attached hydrogens (tertiary/aromatic N) is 1. The van der Waals surface area contributed by atoms with Crippen LogP contribution in [0.25, 0.3) is 0 Å². The molecule has 0 radical (unpaired) electrons. The number of ether oxygens (including phenoxy) is 1. The maximum atomic E-state index is 12.3. The number of rotatable bonds is 5. The van der Waals surface area contributed by atoms with E-state index in [1.807, 2.05) is 0 Å². The molecule has 1 saturated heterocycles. The number of benzene rings is 1. The zero-order valence-corrected chi connectivity index (χ0v) is 11.7. The summed E-state index contributed by atoms with van der Waals surface area (Å²) in [4.78, 5) is 13.1. The first kappa shape index (κ1) is 8.18. The Balaban J connectivity index is 2.53. The molecule has 0 spiro atoms. The van der Waals surface area contributed by atoms with E-state index in [0.29, 0.717) is 5.56 Å². The van der Waals surface area contributed by atoms with E-state index in [0.717, 1.165) is 4.90 Å². The molecule has 1 aromatic rings. The predicted molar refractivity (Wildman–Crippen MR) is 80.6 cm³/mol. The summed E-state index contributed by atoms with van der Waals surface area (Å²) in [6.07, 6.45) is -5.05. The van der Waals surface area contributed by atoms with Gasteiger partial charge in [0.25, 0.3) is 0 Å². The molecule has 1 aromatic carbocycles. The van der Waals surface area contributed by atoms with E-state index in [-0.39, 0.29) is 13.0 Å². The van der Waals surface area contributed by atoms with Crippen LogP contribution in [0.5, 0.6) is 0 Å². The van der Waals surface area contributed by atoms with Gasteiger partial charge < -0.3 is 9.64 Å². The second-order valence-corrected chi connectivity index (χ2v) is 4.94. The van der Waals surface area contributed by atoms with Gasteiger partial charge in [0.05, 0.1) is 13.0 Å². The van der Waals surface area contributed by atoms with Crippen molar-refractivity contribution in [1.82, 2.24) is 4.90 Å². The standard InChI is InChI=1S/C17H25NO2/c1-3-20-16(19)14-17(9-11-18(2)12-10-17)13-15-7-5-4-6-8-15/h4-8H,3,9-14H2,1-2H3/i2D3,9D2,10D2.